The van der Waals surface area contributed by atoms with Gasteiger partial charge in [0.15, 0.2) is 0 Å². The Morgan fingerprint density at radius 3 is 2.50 bits per heavy atom. The molecule has 0 unspecified atom stereocenters. The number of aromatic amines is 1. The van der Waals surface area contributed by atoms with Crippen LogP contribution in [0.2, 0.25) is 0 Å². The molecule has 0 aromatic carbocycles. The lowest BCUT2D eigenvalue weighted by atomic mass is 9.92. The molecule has 0 bridgehead atoms. The molecule has 1 heterocycles. The quantitative estimate of drug-likeness (QED) is 0.718. The highest BCUT2D eigenvalue weighted by Gasteiger charge is 2.13. The van der Waals surface area contributed by atoms with Crippen LogP contribution in [0.1, 0.15) is 39.2 Å². The van der Waals surface area contributed by atoms with Gasteiger partial charge < -0.3 is 4.98 Å². The summed E-state index contributed by atoms with van der Waals surface area (Å²) in [6, 6.07) is 0. The molecule has 0 amide bonds. The Morgan fingerprint density at radius 1 is 1.42 bits per heavy atom. The molecular formula is C10H18N2. The summed E-state index contributed by atoms with van der Waals surface area (Å²) in [7, 11) is 0. The molecule has 0 spiro atoms. The molecule has 0 aliphatic carbocycles. The highest BCUT2D eigenvalue weighted by molar-refractivity contribution is 5.02. The van der Waals surface area contributed by atoms with Gasteiger partial charge in [0.1, 0.15) is 5.82 Å². The average molecular weight is 166 g/mol. The van der Waals surface area contributed by atoms with Crippen LogP contribution < -0.4 is 0 Å². The summed E-state index contributed by atoms with van der Waals surface area (Å²) < 4.78 is 0. The van der Waals surface area contributed by atoms with Gasteiger partial charge in [-0.25, -0.2) is 4.98 Å². The molecule has 0 aliphatic rings. The maximum absolute atomic E-state index is 4.46. The SMILES string of the molecule is CCc1c[nH]c(CC(C)(C)C)n1. The van der Waals surface area contributed by atoms with E-state index < -0.39 is 0 Å². The lowest BCUT2D eigenvalue weighted by Gasteiger charge is -2.15. The summed E-state index contributed by atoms with van der Waals surface area (Å²) in [5, 5.41) is 0. The number of rotatable bonds is 2. The van der Waals surface area contributed by atoms with Gasteiger partial charge in [-0.15, -0.1) is 0 Å². The summed E-state index contributed by atoms with van der Waals surface area (Å²) in [6.07, 6.45) is 4.04. The average Bonchev–Trinajstić information content (AvgIpc) is 2.32. The molecule has 1 N–H and O–H groups in total. The number of H-pyrrole nitrogens is 1. The van der Waals surface area contributed by atoms with Gasteiger partial charge >= 0.3 is 0 Å². The fourth-order valence-electron chi connectivity index (χ4n) is 1.18. The van der Waals surface area contributed by atoms with E-state index in [0.29, 0.717) is 5.41 Å². The zero-order chi connectivity index (χ0) is 9.19. The van der Waals surface area contributed by atoms with E-state index in [1.165, 1.54) is 0 Å². The van der Waals surface area contributed by atoms with E-state index in [0.717, 1.165) is 24.4 Å². The first-order chi connectivity index (χ1) is 5.51. The van der Waals surface area contributed by atoms with Gasteiger partial charge in [0.05, 0.1) is 5.69 Å². The molecule has 0 radical (unpaired) electrons. The number of nitrogens with zero attached hydrogens (tertiary/aromatic N) is 1. The number of hydrogen-bond acceptors (Lipinski definition) is 1. The number of hydrogen-bond donors (Lipinski definition) is 1. The molecule has 0 fully saturated rings. The van der Waals surface area contributed by atoms with Crippen molar-refractivity contribution < 1.29 is 0 Å². The minimum absolute atomic E-state index is 0.322. The van der Waals surface area contributed by atoms with Crippen molar-refractivity contribution in [3.05, 3.63) is 17.7 Å². The van der Waals surface area contributed by atoms with Crippen LogP contribution in [0.3, 0.4) is 0 Å². The first-order valence-corrected chi connectivity index (χ1v) is 4.54. The molecular weight excluding hydrogens is 148 g/mol. The molecule has 1 rings (SSSR count). The fourth-order valence-corrected chi connectivity index (χ4v) is 1.18. The van der Waals surface area contributed by atoms with Gasteiger partial charge in [0, 0.05) is 12.6 Å². The van der Waals surface area contributed by atoms with E-state index in [2.05, 4.69) is 37.7 Å². The Labute approximate surface area is 74.4 Å². The van der Waals surface area contributed by atoms with Crippen LogP contribution >= 0.6 is 0 Å². The lowest BCUT2D eigenvalue weighted by molar-refractivity contribution is 0.402. The lowest BCUT2D eigenvalue weighted by Crippen LogP contribution is -2.10. The molecule has 2 heteroatoms. The van der Waals surface area contributed by atoms with Crippen LogP contribution in [0.4, 0.5) is 0 Å². The van der Waals surface area contributed by atoms with E-state index in [1.54, 1.807) is 0 Å². The van der Waals surface area contributed by atoms with Gasteiger partial charge in [-0.1, -0.05) is 27.7 Å². The van der Waals surface area contributed by atoms with Crippen molar-refractivity contribution >= 4 is 0 Å². The van der Waals surface area contributed by atoms with E-state index in [4.69, 9.17) is 0 Å². The third-order valence-electron chi connectivity index (χ3n) is 1.74. The molecule has 1 aromatic heterocycles. The van der Waals surface area contributed by atoms with E-state index in [1.807, 2.05) is 6.20 Å². The number of imidazole rings is 1. The molecule has 1 aromatic rings. The van der Waals surface area contributed by atoms with Crippen LogP contribution in [0.15, 0.2) is 6.20 Å². The Morgan fingerprint density at radius 2 is 2.08 bits per heavy atom. The van der Waals surface area contributed by atoms with Gasteiger partial charge in [-0.2, -0.15) is 0 Å². The van der Waals surface area contributed by atoms with Crippen molar-refractivity contribution in [2.24, 2.45) is 5.41 Å². The predicted octanol–water partition coefficient (Wildman–Crippen LogP) is 2.56. The highest BCUT2D eigenvalue weighted by atomic mass is 14.9. The van der Waals surface area contributed by atoms with Gasteiger partial charge in [-0.3, -0.25) is 0 Å². The number of nitrogens with one attached hydrogen (secondary N) is 1. The summed E-state index contributed by atoms with van der Waals surface area (Å²) in [5.74, 6) is 1.11. The van der Waals surface area contributed by atoms with Crippen molar-refractivity contribution in [1.29, 1.82) is 0 Å². The summed E-state index contributed by atoms with van der Waals surface area (Å²) >= 11 is 0. The second-order valence-corrected chi connectivity index (χ2v) is 4.43. The van der Waals surface area contributed by atoms with Gasteiger partial charge in [0.25, 0.3) is 0 Å². The molecule has 0 aliphatic heterocycles. The molecule has 0 saturated carbocycles. The minimum atomic E-state index is 0.322. The first-order valence-electron chi connectivity index (χ1n) is 4.54. The van der Waals surface area contributed by atoms with Crippen LogP contribution in [0, 0.1) is 5.41 Å². The van der Waals surface area contributed by atoms with E-state index in [9.17, 15) is 0 Å². The van der Waals surface area contributed by atoms with E-state index >= 15 is 0 Å². The second-order valence-electron chi connectivity index (χ2n) is 4.43. The van der Waals surface area contributed by atoms with Gasteiger partial charge in [0.2, 0.25) is 0 Å². The second kappa shape index (κ2) is 3.30. The first kappa shape index (κ1) is 9.30. The minimum Gasteiger partial charge on any atom is -0.348 e. The predicted molar refractivity (Wildman–Crippen MR) is 51.1 cm³/mol. The molecule has 0 atom stereocenters. The smallest absolute Gasteiger partial charge is 0.106 e. The summed E-state index contributed by atoms with van der Waals surface area (Å²) in [4.78, 5) is 7.66. The topological polar surface area (TPSA) is 28.7 Å². The van der Waals surface area contributed by atoms with Crippen molar-refractivity contribution in [2.75, 3.05) is 0 Å². The monoisotopic (exact) mass is 166 g/mol. The van der Waals surface area contributed by atoms with Crippen LogP contribution in [-0.4, -0.2) is 9.97 Å². The number of aryl methyl sites for hydroxylation is 1. The Balaban J connectivity index is 2.64. The standard InChI is InChI=1S/C10H18N2/c1-5-8-7-11-9(12-8)6-10(2,3)4/h7H,5-6H2,1-4H3,(H,11,12). The third kappa shape index (κ3) is 2.68. The Hall–Kier alpha value is -0.790. The van der Waals surface area contributed by atoms with Crippen molar-refractivity contribution in [3.8, 4) is 0 Å². The largest absolute Gasteiger partial charge is 0.348 e. The van der Waals surface area contributed by atoms with Crippen LogP contribution in [-0.2, 0) is 12.8 Å². The molecule has 68 valence electrons. The van der Waals surface area contributed by atoms with Gasteiger partial charge in [-0.05, 0) is 11.8 Å². The Kier molecular flexibility index (Phi) is 2.55. The van der Waals surface area contributed by atoms with Crippen molar-refractivity contribution in [2.45, 2.75) is 40.5 Å². The fraction of sp³-hybridized carbons (Fsp3) is 0.700. The zero-order valence-electron chi connectivity index (χ0n) is 8.44. The molecule has 12 heavy (non-hydrogen) atoms. The summed E-state index contributed by atoms with van der Waals surface area (Å²) in [6.45, 7) is 8.79. The maximum atomic E-state index is 4.46. The van der Waals surface area contributed by atoms with E-state index in [-0.39, 0.29) is 0 Å². The molecule has 0 saturated heterocycles. The zero-order valence-corrected chi connectivity index (χ0v) is 8.44. The number of aromatic nitrogens is 2. The van der Waals surface area contributed by atoms with Crippen LogP contribution in [0.25, 0.3) is 0 Å². The normalized spacial score (nSPS) is 12.0. The van der Waals surface area contributed by atoms with Crippen LogP contribution in [0.5, 0.6) is 0 Å². The maximum Gasteiger partial charge on any atom is 0.106 e. The van der Waals surface area contributed by atoms with Crippen molar-refractivity contribution in [3.63, 3.8) is 0 Å². The molecule has 2 nitrogen and oxygen atoms in total. The summed E-state index contributed by atoms with van der Waals surface area (Å²) in [5.41, 5.74) is 1.48. The van der Waals surface area contributed by atoms with Crippen molar-refractivity contribution in [1.82, 2.24) is 9.97 Å². The Bertz CT molecular complexity index is 243. The highest BCUT2D eigenvalue weighted by Crippen LogP contribution is 2.18. The third-order valence-corrected chi connectivity index (χ3v) is 1.74.